The minimum absolute atomic E-state index is 0.0495. The summed E-state index contributed by atoms with van der Waals surface area (Å²) in [5.74, 6) is 0.0495. The summed E-state index contributed by atoms with van der Waals surface area (Å²) in [5, 5.41) is 10.4. The van der Waals surface area contributed by atoms with E-state index < -0.39 is 30.2 Å². The summed E-state index contributed by atoms with van der Waals surface area (Å²) in [5.41, 5.74) is -0.707. The highest BCUT2D eigenvalue weighted by Gasteiger charge is 2.48. The lowest BCUT2D eigenvalue weighted by atomic mass is 9.78. The van der Waals surface area contributed by atoms with E-state index in [0.717, 1.165) is 6.42 Å². The van der Waals surface area contributed by atoms with E-state index in [4.69, 9.17) is 28.7 Å². The first kappa shape index (κ1) is 27.2. The van der Waals surface area contributed by atoms with Crippen LogP contribution in [-0.2, 0) is 33.5 Å². The molecule has 0 amide bonds. The van der Waals surface area contributed by atoms with Gasteiger partial charge in [0.2, 0.25) is 0 Å². The summed E-state index contributed by atoms with van der Waals surface area (Å²) in [6.45, 7) is 10.6. The molecule has 8 unspecified atom stereocenters. The lowest BCUT2D eigenvalue weighted by Crippen LogP contribution is -2.57. The molecule has 0 aliphatic carbocycles. The maximum absolute atomic E-state index is 11.2. The van der Waals surface area contributed by atoms with Crippen LogP contribution >= 0.6 is 0 Å². The van der Waals surface area contributed by atoms with Gasteiger partial charge in [-0.25, -0.2) is 9.78 Å². The van der Waals surface area contributed by atoms with Crippen molar-refractivity contribution in [2.24, 2.45) is 5.92 Å². The highest BCUT2D eigenvalue weighted by molar-refractivity contribution is 5.38. The van der Waals surface area contributed by atoms with Gasteiger partial charge in [0.15, 0.2) is 6.29 Å². The zero-order chi connectivity index (χ0) is 22.9. The first-order valence-corrected chi connectivity index (χ1v) is 10.6. The molecule has 0 aromatic heterocycles. The normalized spacial score (nSPS) is 31.2. The molecule has 9 heteroatoms. The fourth-order valence-corrected chi connectivity index (χ4v) is 4.42. The molecule has 178 valence electrons. The van der Waals surface area contributed by atoms with Crippen LogP contribution in [0.15, 0.2) is 0 Å². The second kappa shape index (κ2) is 12.9. The van der Waals surface area contributed by atoms with E-state index >= 15 is 0 Å². The van der Waals surface area contributed by atoms with Crippen LogP contribution < -0.4 is 0 Å². The number of ether oxygens (including phenoxy) is 4. The van der Waals surface area contributed by atoms with Gasteiger partial charge in [0.25, 0.3) is 6.47 Å². The number of hydrogen-bond acceptors (Lipinski definition) is 9. The van der Waals surface area contributed by atoms with Crippen molar-refractivity contribution < 1.29 is 38.6 Å². The van der Waals surface area contributed by atoms with Gasteiger partial charge < -0.3 is 29.0 Å². The first-order valence-electron chi connectivity index (χ1n) is 10.6. The summed E-state index contributed by atoms with van der Waals surface area (Å²) in [6.07, 6.45) is -1.40. The fraction of sp³-hybridized carbons (Fsp3) is 0.952. The molecule has 0 saturated carbocycles. The van der Waals surface area contributed by atoms with Crippen LogP contribution in [0.4, 0.5) is 0 Å². The van der Waals surface area contributed by atoms with Crippen LogP contribution in [0.3, 0.4) is 0 Å². The summed E-state index contributed by atoms with van der Waals surface area (Å²) >= 11 is 0. The molecule has 0 bridgehead atoms. The number of carbonyl (C=O) groups is 1. The zero-order valence-corrected chi connectivity index (χ0v) is 19.7. The molecule has 0 aromatic rings. The second-order valence-electron chi connectivity index (χ2n) is 8.43. The second-order valence-corrected chi connectivity index (χ2v) is 8.43. The van der Waals surface area contributed by atoms with Gasteiger partial charge in [0.1, 0.15) is 24.4 Å². The van der Waals surface area contributed by atoms with Crippen molar-refractivity contribution in [3.05, 3.63) is 0 Å². The van der Waals surface area contributed by atoms with E-state index in [-0.39, 0.29) is 24.7 Å². The third-order valence-electron chi connectivity index (χ3n) is 5.84. The molecule has 1 aliphatic heterocycles. The lowest BCUT2D eigenvalue weighted by Gasteiger charge is -2.48. The fourth-order valence-electron chi connectivity index (χ4n) is 4.42. The van der Waals surface area contributed by atoms with E-state index in [2.05, 4.69) is 0 Å². The standard InChI is InChI=1S/C21H41NO8/c1-9-17-15(3)28-18(12-21(17,5)26-13-23)29-20(19(14(2)24)22(6)7)16(4)30-27-11-10-25-8/h13-20,24H,9-12H2,1-8H3. The molecule has 0 aromatic carbocycles. The monoisotopic (exact) mass is 435 g/mol. The van der Waals surface area contributed by atoms with Gasteiger partial charge in [-0.2, -0.15) is 0 Å². The number of nitrogens with zero attached hydrogens (tertiary/aromatic N) is 1. The number of methoxy groups -OCH3 is 1. The summed E-state index contributed by atoms with van der Waals surface area (Å²) in [4.78, 5) is 23.8. The van der Waals surface area contributed by atoms with Crippen molar-refractivity contribution in [1.29, 1.82) is 0 Å². The Labute approximate surface area is 180 Å². The SMILES string of the molecule is CCC1C(C)OC(OC(C(C)OOCCOC)C(C(C)O)N(C)C)CC1(C)OC=O. The van der Waals surface area contributed by atoms with Crippen molar-refractivity contribution in [3.63, 3.8) is 0 Å². The molecule has 8 atom stereocenters. The zero-order valence-electron chi connectivity index (χ0n) is 19.7. The topological polar surface area (TPSA) is 95.9 Å². The van der Waals surface area contributed by atoms with E-state index in [1.807, 2.05) is 46.7 Å². The van der Waals surface area contributed by atoms with Gasteiger partial charge in [-0.3, -0.25) is 4.79 Å². The van der Waals surface area contributed by atoms with Crippen LogP contribution in [0.2, 0.25) is 0 Å². The minimum Gasteiger partial charge on any atom is -0.461 e. The number of aliphatic hydroxyl groups is 1. The lowest BCUT2D eigenvalue weighted by molar-refractivity contribution is -0.359. The average molecular weight is 436 g/mol. The van der Waals surface area contributed by atoms with Gasteiger partial charge in [-0.1, -0.05) is 6.92 Å². The van der Waals surface area contributed by atoms with Crippen LogP contribution in [0.5, 0.6) is 0 Å². The average Bonchev–Trinajstić information content (AvgIpc) is 2.63. The maximum Gasteiger partial charge on any atom is 0.293 e. The Morgan fingerprint density at radius 3 is 2.47 bits per heavy atom. The summed E-state index contributed by atoms with van der Waals surface area (Å²) in [7, 11) is 5.31. The largest absolute Gasteiger partial charge is 0.461 e. The van der Waals surface area contributed by atoms with Crippen molar-refractivity contribution in [2.75, 3.05) is 34.4 Å². The highest BCUT2D eigenvalue weighted by atomic mass is 17.2. The first-order chi connectivity index (χ1) is 14.1. The number of likely N-dealkylation sites (N-methyl/N-ethyl adjacent to an activating group) is 1. The molecule has 1 fully saturated rings. The molecule has 9 nitrogen and oxygen atoms in total. The third kappa shape index (κ3) is 7.40. The Hall–Kier alpha value is -0.810. The van der Waals surface area contributed by atoms with Crippen molar-refractivity contribution in [1.82, 2.24) is 4.90 Å². The molecule has 1 N–H and O–H groups in total. The molecule has 0 radical (unpaired) electrons. The summed E-state index contributed by atoms with van der Waals surface area (Å²) < 4.78 is 22.9. The van der Waals surface area contributed by atoms with Gasteiger partial charge >= 0.3 is 0 Å². The van der Waals surface area contributed by atoms with E-state index in [1.165, 1.54) is 0 Å². The van der Waals surface area contributed by atoms with Gasteiger partial charge in [-0.05, 0) is 48.2 Å². The van der Waals surface area contributed by atoms with Crippen molar-refractivity contribution in [3.8, 4) is 0 Å². The predicted molar refractivity (Wildman–Crippen MR) is 111 cm³/mol. The number of carbonyl (C=O) groups excluding carboxylic acids is 1. The number of rotatable bonds is 14. The quantitative estimate of drug-likeness (QED) is 0.189. The van der Waals surface area contributed by atoms with Crippen molar-refractivity contribution >= 4 is 6.47 Å². The molecular formula is C21H41NO8. The molecule has 1 heterocycles. The number of aliphatic hydroxyl groups excluding tert-OH is 1. The Morgan fingerprint density at radius 2 is 1.97 bits per heavy atom. The van der Waals surface area contributed by atoms with E-state index in [0.29, 0.717) is 19.5 Å². The predicted octanol–water partition coefficient (Wildman–Crippen LogP) is 1.76. The molecular weight excluding hydrogens is 394 g/mol. The van der Waals surface area contributed by atoms with E-state index in [9.17, 15) is 9.90 Å². The third-order valence-corrected chi connectivity index (χ3v) is 5.84. The molecule has 1 aliphatic rings. The minimum atomic E-state index is -0.707. The van der Waals surface area contributed by atoms with Gasteiger partial charge in [0, 0.05) is 19.4 Å². The van der Waals surface area contributed by atoms with Crippen molar-refractivity contribution in [2.45, 2.75) is 89.8 Å². The van der Waals surface area contributed by atoms with Gasteiger partial charge in [0.05, 0.1) is 24.9 Å². The van der Waals surface area contributed by atoms with Crippen LogP contribution in [-0.4, -0.2) is 93.2 Å². The van der Waals surface area contributed by atoms with Crippen LogP contribution in [0.25, 0.3) is 0 Å². The Balaban J connectivity index is 3.02. The Kier molecular flexibility index (Phi) is 11.7. The summed E-state index contributed by atoms with van der Waals surface area (Å²) in [6, 6.07) is -0.382. The Bertz CT molecular complexity index is 484. The molecule has 30 heavy (non-hydrogen) atoms. The highest BCUT2D eigenvalue weighted by Crippen LogP contribution is 2.39. The van der Waals surface area contributed by atoms with Crippen LogP contribution in [0.1, 0.15) is 47.5 Å². The smallest absolute Gasteiger partial charge is 0.293 e. The van der Waals surface area contributed by atoms with Crippen LogP contribution in [0, 0.1) is 5.92 Å². The maximum atomic E-state index is 11.2. The van der Waals surface area contributed by atoms with Gasteiger partial charge in [-0.15, -0.1) is 0 Å². The Morgan fingerprint density at radius 1 is 1.30 bits per heavy atom. The molecule has 1 rings (SSSR count). The number of hydrogen-bond donors (Lipinski definition) is 1. The molecule has 0 spiro atoms. The molecule has 1 saturated heterocycles. The van der Waals surface area contributed by atoms with E-state index in [1.54, 1.807) is 14.0 Å².